The van der Waals surface area contributed by atoms with Crippen molar-refractivity contribution in [2.24, 2.45) is 11.8 Å². The van der Waals surface area contributed by atoms with Crippen molar-refractivity contribution < 1.29 is 23.1 Å². The average molecular weight is 492 g/mol. The van der Waals surface area contributed by atoms with Crippen molar-refractivity contribution in [3.05, 3.63) is 82.7 Å². The van der Waals surface area contributed by atoms with E-state index in [0.29, 0.717) is 17.4 Å². The Hall–Kier alpha value is -3.55. The van der Waals surface area contributed by atoms with E-state index in [2.05, 4.69) is 10.4 Å². The number of esters is 1. The van der Waals surface area contributed by atoms with E-state index < -0.39 is 29.6 Å². The summed E-state index contributed by atoms with van der Waals surface area (Å²) in [5.41, 5.74) is 2.63. The van der Waals surface area contributed by atoms with Gasteiger partial charge in [-0.05, 0) is 67.6 Å². The van der Waals surface area contributed by atoms with Crippen LogP contribution in [0, 0.1) is 23.5 Å². The number of halogens is 2. The molecule has 1 amide bonds. The van der Waals surface area contributed by atoms with Crippen LogP contribution < -0.4 is 5.32 Å². The molecule has 2 saturated carbocycles. The van der Waals surface area contributed by atoms with Crippen molar-refractivity contribution in [1.82, 2.24) is 15.1 Å². The van der Waals surface area contributed by atoms with Gasteiger partial charge in [-0.25, -0.2) is 18.3 Å². The molecule has 2 fully saturated rings. The molecule has 4 aliphatic rings. The van der Waals surface area contributed by atoms with Crippen LogP contribution >= 0.6 is 0 Å². The second-order valence-electron chi connectivity index (χ2n) is 10.3. The molecule has 0 aliphatic heterocycles. The minimum atomic E-state index is -1.01. The van der Waals surface area contributed by atoms with Crippen LogP contribution in [0.15, 0.2) is 48.5 Å². The van der Waals surface area contributed by atoms with Gasteiger partial charge in [0.1, 0.15) is 11.5 Å². The second-order valence-corrected chi connectivity index (χ2v) is 10.3. The van der Waals surface area contributed by atoms with Crippen LogP contribution in [0.4, 0.5) is 8.78 Å². The van der Waals surface area contributed by atoms with Crippen LogP contribution in [0.3, 0.4) is 0 Å². The number of aromatic nitrogens is 2. The Morgan fingerprint density at radius 2 is 1.69 bits per heavy atom. The zero-order valence-corrected chi connectivity index (χ0v) is 19.9. The molecule has 3 aromatic rings. The van der Waals surface area contributed by atoms with Crippen molar-refractivity contribution in [1.29, 1.82) is 0 Å². The van der Waals surface area contributed by atoms with Gasteiger partial charge >= 0.3 is 5.97 Å². The van der Waals surface area contributed by atoms with Gasteiger partial charge in [0.2, 0.25) is 0 Å². The molecule has 7 rings (SSSR count). The lowest BCUT2D eigenvalue weighted by Crippen LogP contribution is -2.35. The summed E-state index contributed by atoms with van der Waals surface area (Å²) in [7, 11) is 1.28. The topological polar surface area (TPSA) is 73.2 Å². The molecule has 6 nitrogen and oxygen atoms in total. The molecular formula is C28H27F2N3O3. The first-order valence-corrected chi connectivity index (χ1v) is 12.4. The molecule has 2 aromatic carbocycles. The van der Waals surface area contributed by atoms with Crippen molar-refractivity contribution in [2.75, 3.05) is 7.11 Å². The molecule has 36 heavy (non-hydrogen) atoms. The van der Waals surface area contributed by atoms with Gasteiger partial charge in [-0.3, -0.25) is 4.79 Å². The van der Waals surface area contributed by atoms with Gasteiger partial charge in [-0.15, -0.1) is 0 Å². The van der Waals surface area contributed by atoms with E-state index in [9.17, 15) is 18.4 Å². The lowest BCUT2D eigenvalue weighted by atomic mass is 9.67. The summed E-state index contributed by atoms with van der Waals surface area (Å²) in [6.07, 6.45) is 5.08. The number of ether oxygens (including phenoxy) is 1. The average Bonchev–Trinajstić information content (AvgIpc) is 3.18. The Kier molecular flexibility index (Phi) is 5.62. The number of rotatable bonds is 5. The lowest BCUT2D eigenvalue weighted by Gasteiger charge is -2.38. The molecule has 0 spiro atoms. The first kappa shape index (κ1) is 22.9. The predicted octanol–water partition coefficient (Wildman–Crippen LogP) is 5.19. The van der Waals surface area contributed by atoms with E-state index in [1.54, 1.807) is 24.3 Å². The summed E-state index contributed by atoms with van der Waals surface area (Å²) >= 11 is 0. The Bertz CT molecular complexity index is 1330. The highest BCUT2D eigenvalue weighted by Gasteiger charge is 2.46. The number of hydrogen-bond acceptors (Lipinski definition) is 4. The summed E-state index contributed by atoms with van der Waals surface area (Å²) in [6, 6.07) is 11.3. The summed E-state index contributed by atoms with van der Waals surface area (Å²) in [6.45, 7) is 0. The number of nitrogens with one attached hydrogen (secondary N) is 1. The molecule has 4 bridgehead atoms. The molecule has 1 N–H and O–H groups in total. The van der Waals surface area contributed by atoms with Crippen molar-refractivity contribution in [3.8, 4) is 5.69 Å². The molecule has 1 heterocycles. The Morgan fingerprint density at radius 3 is 2.36 bits per heavy atom. The Balaban J connectivity index is 1.47. The van der Waals surface area contributed by atoms with Gasteiger partial charge < -0.3 is 10.1 Å². The largest absolute Gasteiger partial charge is 0.467 e. The summed E-state index contributed by atoms with van der Waals surface area (Å²) in [4.78, 5) is 26.4. The molecule has 0 saturated heterocycles. The normalized spacial score (nSPS) is 24.6. The first-order valence-electron chi connectivity index (χ1n) is 12.4. The van der Waals surface area contributed by atoms with Crippen molar-refractivity contribution >= 4 is 11.9 Å². The van der Waals surface area contributed by atoms with Crippen LogP contribution in [-0.2, 0) is 9.53 Å². The van der Waals surface area contributed by atoms with Gasteiger partial charge in [0.15, 0.2) is 17.6 Å². The molecule has 4 aliphatic carbocycles. The number of carbonyl (C=O) groups is 2. The standard InChI is InChI=1S/C28H27F2N3O3/c1-36-28(35)24(17-5-3-2-4-6-17)31-27(34)25-23-18-10-15-9-16(11-18)13-19(12-15)26(23)33(32-25)22-8-7-20(29)14-21(22)30/h2-8,14-16,18-19,24H,9-13H2,1H3,(H,31,34)/t15?,16?,18?,19?,24-/m1/s1. The monoisotopic (exact) mass is 491 g/mol. The maximum atomic E-state index is 15.0. The zero-order chi connectivity index (χ0) is 25.0. The Morgan fingerprint density at radius 1 is 1.00 bits per heavy atom. The van der Waals surface area contributed by atoms with Crippen LogP contribution in [0.5, 0.6) is 0 Å². The Labute approximate surface area is 207 Å². The van der Waals surface area contributed by atoms with Crippen LogP contribution in [0.1, 0.15) is 77.3 Å². The van der Waals surface area contributed by atoms with Crippen LogP contribution in [-0.4, -0.2) is 28.8 Å². The number of hydrogen-bond donors (Lipinski definition) is 1. The SMILES string of the molecule is COC(=O)[C@H](NC(=O)c1nn(-c2ccc(F)cc2F)c2c1C1CC3CC(C1)CC2C3)c1ccccc1. The number of nitrogens with zero attached hydrogens (tertiary/aromatic N) is 2. The van der Waals surface area contributed by atoms with Gasteiger partial charge in [0.05, 0.1) is 12.8 Å². The minimum absolute atomic E-state index is 0.125. The van der Waals surface area contributed by atoms with Crippen LogP contribution in [0.2, 0.25) is 0 Å². The van der Waals surface area contributed by atoms with E-state index in [1.807, 2.05) is 6.07 Å². The van der Waals surface area contributed by atoms with Gasteiger partial charge in [0, 0.05) is 17.5 Å². The number of benzene rings is 2. The molecular weight excluding hydrogens is 464 g/mol. The molecule has 1 aromatic heterocycles. The third-order valence-electron chi connectivity index (χ3n) is 8.09. The molecule has 3 atom stereocenters. The predicted molar refractivity (Wildman–Crippen MR) is 128 cm³/mol. The van der Waals surface area contributed by atoms with Gasteiger partial charge in [0.25, 0.3) is 5.91 Å². The fourth-order valence-electron chi connectivity index (χ4n) is 6.79. The smallest absolute Gasteiger partial charge is 0.333 e. The molecule has 8 heteroatoms. The quantitative estimate of drug-likeness (QED) is 0.499. The first-order chi connectivity index (χ1) is 17.4. The second kappa shape index (κ2) is 8.84. The van der Waals surface area contributed by atoms with Crippen molar-refractivity contribution in [2.45, 2.75) is 50.0 Å². The highest BCUT2D eigenvalue weighted by atomic mass is 19.1. The highest BCUT2D eigenvalue weighted by Crippen LogP contribution is 2.57. The third kappa shape index (κ3) is 3.79. The van der Waals surface area contributed by atoms with E-state index >= 15 is 0 Å². The molecule has 186 valence electrons. The highest BCUT2D eigenvalue weighted by molar-refractivity contribution is 5.97. The molecule has 0 radical (unpaired) electrons. The zero-order valence-electron chi connectivity index (χ0n) is 19.9. The van der Waals surface area contributed by atoms with Crippen LogP contribution in [0.25, 0.3) is 5.69 Å². The number of methoxy groups -OCH3 is 1. The van der Waals surface area contributed by atoms with E-state index in [4.69, 9.17) is 4.74 Å². The summed E-state index contributed by atoms with van der Waals surface area (Å²) < 4.78 is 35.2. The lowest BCUT2D eigenvalue weighted by molar-refractivity contribution is -0.143. The number of amides is 1. The van der Waals surface area contributed by atoms with E-state index in [0.717, 1.165) is 43.0 Å². The van der Waals surface area contributed by atoms with E-state index in [1.165, 1.54) is 30.3 Å². The summed E-state index contributed by atoms with van der Waals surface area (Å²) in [5.74, 6) is -1.08. The maximum Gasteiger partial charge on any atom is 0.333 e. The molecule has 2 unspecified atom stereocenters. The summed E-state index contributed by atoms with van der Waals surface area (Å²) in [5, 5.41) is 7.46. The van der Waals surface area contributed by atoms with Gasteiger partial charge in [-0.2, -0.15) is 5.10 Å². The maximum absolute atomic E-state index is 15.0. The van der Waals surface area contributed by atoms with Gasteiger partial charge in [-0.1, -0.05) is 30.3 Å². The minimum Gasteiger partial charge on any atom is -0.467 e. The fraction of sp³-hybridized carbons (Fsp3) is 0.393. The van der Waals surface area contributed by atoms with E-state index in [-0.39, 0.29) is 23.2 Å². The fourth-order valence-corrected chi connectivity index (χ4v) is 6.79. The third-order valence-corrected chi connectivity index (χ3v) is 8.09. The number of carbonyl (C=O) groups excluding carboxylic acids is 2. The van der Waals surface area contributed by atoms with Crippen molar-refractivity contribution in [3.63, 3.8) is 0 Å².